The Morgan fingerprint density at radius 1 is 1.00 bits per heavy atom. The van der Waals surface area contributed by atoms with Gasteiger partial charge in [0.1, 0.15) is 0 Å². The van der Waals surface area contributed by atoms with Gasteiger partial charge in [-0.2, -0.15) is 0 Å². The van der Waals surface area contributed by atoms with Crippen LogP contribution in [0.25, 0.3) is 0 Å². The van der Waals surface area contributed by atoms with E-state index in [2.05, 4.69) is 26.3 Å². The molecule has 0 aromatic carbocycles. The van der Waals surface area contributed by atoms with E-state index < -0.39 is 0 Å². The molecular formula is C6H16Si2. The average molecular weight is 144 g/mol. The van der Waals surface area contributed by atoms with E-state index in [1.165, 1.54) is 0 Å². The number of hydrogen-bond donors (Lipinski definition) is 0. The monoisotopic (exact) mass is 144 g/mol. The van der Waals surface area contributed by atoms with Crippen LogP contribution in [-0.2, 0) is 0 Å². The van der Waals surface area contributed by atoms with Crippen LogP contribution in [0.3, 0.4) is 0 Å². The van der Waals surface area contributed by atoms with Crippen molar-refractivity contribution in [2.24, 2.45) is 0 Å². The molecule has 0 bridgehead atoms. The summed E-state index contributed by atoms with van der Waals surface area (Å²) in [6.45, 7) is 11.5. The maximum Gasteiger partial charge on any atom is 0.0415 e. The second kappa shape index (κ2) is 15.8. The first kappa shape index (κ1) is 10.8. The Hall–Kier alpha value is -0.0862. The number of hydrogen-bond acceptors (Lipinski definition) is 0. The van der Waals surface area contributed by atoms with Gasteiger partial charge in [0.15, 0.2) is 0 Å². The lowest BCUT2D eigenvalue weighted by atomic mass is 11.3. The van der Waals surface area contributed by atoms with Crippen molar-refractivity contribution in [3.63, 3.8) is 0 Å². The molecule has 0 rings (SSSR count). The van der Waals surface area contributed by atoms with Crippen LogP contribution in [0.4, 0.5) is 0 Å². The van der Waals surface area contributed by atoms with Crippen LogP contribution in [0.5, 0.6) is 0 Å². The van der Waals surface area contributed by atoms with Gasteiger partial charge < -0.3 is 0 Å². The van der Waals surface area contributed by atoms with Gasteiger partial charge in [-0.1, -0.05) is 13.1 Å². The molecule has 0 unspecified atom stereocenters. The predicted molar refractivity (Wildman–Crippen MR) is 49.2 cm³/mol. The summed E-state index contributed by atoms with van der Waals surface area (Å²) in [5.74, 6) is 0. The summed E-state index contributed by atoms with van der Waals surface area (Å²) in [6, 6.07) is 0. The summed E-state index contributed by atoms with van der Waals surface area (Å²) >= 11 is 0. The van der Waals surface area contributed by atoms with Gasteiger partial charge in [0.2, 0.25) is 0 Å². The van der Waals surface area contributed by atoms with Gasteiger partial charge in [0.25, 0.3) is 0 Å². The fourth-order valence-electron chi connectivity index (χ4n) is 0. The molecule has 0 amide bonds. The second-order valence-corrected chi connectivity index (χ2v) is 4.18. The summed E-state index contributed by atoms with van der Waals surface area (Å²) in [6.07, 6.45) is 0. The van der Waals surface area contributed by atoms with E-state index in [-0.39, 0.29) is 19.0 Å². The molecule has 48 valence electrons. The second-order valence-electron chi connectivity index (χ2n) is 1.39. The molecule has 0 N–H and O–H groups in total. The molecule has 0 atom stereocenters. The molecule has 0 aromatic heterocycles. The van der Waals surface area contributed by atoms with Gasteiger partial charge in [0, 0.05) is 19.0 Å². The molecule has 0 heterocycles. The molecular weight excluding hydrogens is 128 g/mol. The Bertz CT molecular complexity index is 42.5. The van der Waals surface area contributed by atoms with Crippen molar-refractivity contribution in [1.29, 1.82) is 0 Å². The van der Waals surface area contributed by atoms with E-state index in [0.717, 1.165) is 0 Å². The quantitative estimate of drug-likeness (QED) is 0.500. The molecule has 0 saturated heterocycles. The summed E-state index contributed by atoms with van der Waals surface area (Å²) in [7, 11) is 0.377. The largest absolute Gasteiger partial charge is 0.109 e. The number of rotatable bonds is 2. The van der Waals surface area contributed by atoms with Gasteiger partial charge in [-0.15, -0.1) is 24.6 Å². The summed E-state index contributed by atoms with van der Waals surface area (Å²) < 4.78 is 0. The Morgan fingerprint density at radius 2 is 1.12 bits per heavy atom. The van der Waals surface area contributed by atoms with Gasteiger partial charge in [-0.05, 0) is 0 Å². The third-order valence-corrected chi connectivity index (χ3v) is 1.73. The minimum atomic E-state index is 0.188. The lowest BCUT2D eigenvalue weighted by Crippen LogP contribution is -1.61. The highest BCUT2D eigenvalue weighted by atomic mass is 28.2. The smallest absolute Gasteiger partial charge is 0.0415 e. The fourth-order valence-corrected chi connectivity index (χ4v) is 0. The average Bonchev–Trinajstić information content (AvgIpc) is 1.88. The highest BCUT2D eigenvalue weighted by molar-refractivity contribution is 6.40. The molecule has 0 aromatic rings. The van der Waals surface area contributed by atoms with E-state index in [4.69, 9.17) is 0 Å². The highest BCUT2D eigenvalue weighted by Crippen LogP contribution is 1.48. The standard InChI is InChI=1S/2C3H8Si/c2*1-3-4-2/h2*3H,1,4H2,2H3. The van der Waals surface area contributed by atoms with Gasteiger partial charge in [0.05, 0.1) is 0 Å². The van der Waals surface area contributed by atoms with Crippen LogP contribution in [0.2, 0.25) is 13.1 Å². The van der Waals surface area contributed by atoms with Crippen molar-refractivity contribution >= 4 is 19.0 Å². The fraction of sp³-hybridized carbons (Fsp3) is 0.333. The topological polar surface area (TPSA) is 0 Å². The Labute approximate surface area is 57.3 Å². The van der Waals surface area contributed by atoms with E-state index in [9.17, 15) is 0 Å². The van der Waals surface area contributed by atoms with Gasteiger partial charge >= 0.3 is 0 Å². The zero-order valence-corrected chi connectivity index (χ0v) is 8.81. The predicted octanol–water partition coefficient (Wildman–Crippen LogP) is 0.694. The Morgan fingerprint density at radius 3 is 1.12 bits per heavy atom. The van der Waals surface area contributed by atoms with Crippen LogP contribution in [0.15, 0.2) is 24.6 Å². The zero-order valence-electron chi connectivity index (χ0n) is 5.98. The first-order chi connectivity index (χ1) is 3.83. The van der Waals surface area contributed by atoms with Crippen LogP contribution in [0.1, 0.15) is 0 Å². The minimum absolute atomic E-state index is 0.188. The van der Waals surface area contributed by atoms with Crippen molar-refractivity contribution in [2.75, 3.05) is 0 Å². The maximum atomic E-state index is 3.54. The summed E-state index contributed by atoms with van der Waals surface area (Å²) in [5.41, 5.74) is 4.03. The van der Waals surface area contributed by atoms with Crippen molar-refractivity contribution in [3.05, 3.63) is 24.6 Å². The van der Waals surface area contributed by atoms with Crippen molar-refractivity contribution in [2.45, 2.75) is 13.1 Å². The molecule has 0 aliphatic rings. The lowest BCUT2D eigenvalue weighted by Gasteiger charge is -1.55. The molecule has 0 spiro atoms. The van der Waals surface area contributed by atoms with Gasteiger partial charge in [-0.3, -0.25) is 0 Å². The van der Waals surface area contributed by atoms with Crippen molar-refractivity contribution < 1.29 is 0 Å². The molecule has 2 heteroatoms. The Kier molecular flexibility index (Phi) is 21.3. The molecule has 0 saturated carbocycles. The van der Waals surface area contributed by atoms with Crippen LogP contribution in [0, 0.1) is 0 Å². The van der Waals surface area contributed by atoms with E-state index in [0.29, 0.717) is 0 Å². The first-order valence-electron chi connectivity index (χ1n) is 3.05. The van der Waals surface area contributed by atoms with E-state index in [1.54, 1.807) is 0 Å². The first-order valence-corrected chi connectivity index (χ1v) is 7.51. The van der Waals surface area contributed by atoms with Crippen molar-refractivity contribution in [1.82, 2.24) is 0 Å². The molecule has 0 aliphatic carbocycles. The van der Waals surface area contributed by atoms with Crippen LogP contribution >= 0.6 is 0 Å². The lowest BCUT2D eigenvalue weighted by molar-refractivity contribution is 2.26. The van der Waals surface area contributed by atoms with Crippen LogP contribution in [-0.4, -0.2) is 19.0 Å². The zero-order chi connectivity index (χ0) is 6.83. The third kappa shape index (κ3) is 39.0. The van der Waals surface area contributed by atoms with Crippen molar-refractivity contribution in [3.8, 4) is 0 Å². The molecule has 0 aliphatic heterocycles. The highest BCUT2D eigenvalue weighted by Gasteiger charge is 1.48. The van der Waals surface area contributed by atoms with Gasteiger partial charge in [-0.25, -0.2) is 0 Å². The minimum Gasteiger partial charge on any atom is -0.109 e. The third-order valence-electron chi connectivity index (χ3n) is 0.577. The molecule has 0 fully saturated rings. The van der Waals surface area contributed by atoms with E-state index >= 15 is 0 Å². The van der Waals surface area contributed by atoms with E-state index in [1.807, 2.05) is 11.4 Å². The Balaban J connectivity index is 0. The molecule has 0 nitrogen and oxygen atoms in total. The molecule has 8 heavy (non-hydrogen) atoms. The summed E-state index contributed by atoms with van der Waals surface area (Å²) in [4.78, 5) is 0. The normalized spacial score (nSPS) is 9.25. The summed E-state index contributed by atoms with van der Waals surface area (Å²) in [5, 5.41) is 0. The SMILES string of the molecule is C=C[SiH2]C.C=C[SiH2]C. The van der Waals surface area contributed by atoms with Crippen LogP contribution < -0.4 is 0 Å². The molecule has 0 radical (unpaired) electrons. The maximum absolute atomic E-state index is 3.54.